The van der Waals surface area contributed by atoms with Crippen LogP contribution in [0.15, 0.2) is 84.9 Å². The zero-order chi connectivity index (χ0) is 27.5. The number of hydrogen-bond acceptors (Lipinski definition) is 3. The summed E-state index contributed by atoms with van der Waals surface area (Å²) in [5.41, 5.74) is 5.25. The Kier molecular flexibility index (Phi) is 7.41. The third-order valence-corrected chi connectivity index (χ3v) is 7.13. The molecule has 39 heavy (non-hydrogen) atoms. The van der Waals surface area contributed by atoms with E-state index in [0.717, 1.165) is 41.8 Å². The summed E-state index contributed by atoms with van der Waals surface area (Å²) >= 11 is 0. The maximum atomic E-state index is 14.1. The average molecular weight is 527 g/mol. The number of carboxylic acids is 1. The second-order valence-electron chi connectivity index (χ2n) is 9.75. The number of aromatic carboxylic acids is 1. The molecule has 1 aliphatic heterocycles. The van der Waals surface area contributed by atoms with Gasteiger partial charge in [-0.05, 0) is 78.4 Å². The fourth-order valence-corrected chi connectivity index (χ4v) is 5.19. The van der Waals surface area contributed by atoms with Crippen LogP contribution in [0, 0.1) is 11.6 Å². The van der Waals surface area contributed by atoms with Crippen LogP contribution in [0.1, 0.15) is 56.8 Å². The summed E-state index contributed by atoms with van der Waals surface area (Å²) in [6.07, 6.45) is 1.76. The molecule has 1 aliphatic rings. The van der Waals surface area contributed by atoms with Gasteiger partial charge in [0.15, 0.2) is 0 Å². The van der Waals surface area contributed by atoms with Crippen molar-refractivity contribution in [2.75, 3.05) is 11.4 Å². The molecule has 4 aromatic carbocycles. The van der Waals surface area contributed by atoms with E-state index in [1.807, 2.05) is 42.5 Å². The number of nitrogens with zero attached hydrogens (tertiary/aromatic N) is 1. The molecule has 5 rings (SSSR count). The maximum Gasteiger partial charge on any atom is 0.336 e. The summed E-state index contributed by atoms with van der Waals surface area (Å²) in [6, 6.07) is 23.2. The van der Waals surface area contributed by atoms with E-state index in [4.69, 9.17) is 0 Å². The smallest absolute Gasteiger partial charge is 0.336 e. The van der Waals surface area contributed by atoms with Gasteiger partial charge in [-0.2, -0.15) is 0 Å². The summed E-state index contributed by atoms with van der Waals surface area (Å²) in [7, 11) is 0. The Morgan fingerprint density at radius 2 is 1.67 bits per heavy atom. The molecule has 1 amide bonds. The highest BCUT2D eigenvalue weighted by Gasteiger charge is 2.22. The Balaban J connectivity index is 1.30. The van der Waals surface area contributed by atoms with E-state index < -0.39 is 23.6 Å². The molecule has 0 spiro atoms. The van der Waals surface area contributed by atoms with Gasteiger partial charge < -0.3 is 15.3 Å². The summed E-state index contributed by atoms with van der Waals surface area (Å²) in [5, 5.41) is 12.2. The largest absolute Gasteiger partial charge is 0.478 e. The van der Waals surface area contributed by atoms with E-state index in [0.29, 0.717) is 17.7 Å². The third-order valence-electron chi connectivity index (χ3n) is 7.13. The number of carboxylic acid groups (broad SMARTS) is 1. The fraction of sp³-hybridized carbons (Fsp3) is 0.188. The summed E-state index contributed by atoms with van der Waals surface area (Å²) < 4.78 is 28.3. The molecule has 0 radical (unpaired) electrons. The zero-order valence-electron chi connectivity index (χ0n) is 21.5. The van der Waals surface area contributed by atoms with E-state index in [2.05, 4.69) is 10.2 Å². The van der Waals surface area contributed by atoms with Crippen molar-refractivity contribution in [2.45, 2.75) is 32.4 Å². The Labute approximate surface area is 225 Å². The van der Waals surface area contributed by atoms with Crippen molar-refractivity contribution in [3.05, 3.63) is 124 Å². The standard InChI is InChI=1S/C32H28F2N2O3/c1-20(30-27(33)9-4-10-28(30)34)35-31(37)24-15-16-29-23(18-24)6-5-17-36(29)19-21-11-13-22(14-12-21)25-7-2-3-8-26(25)32(38)39/h2-4,7-16,18,20H,5-6,17,19H2,1H3,(H,35,37)(H,38,39)/t20-/m0/s1. The molecule has 0 aliphatic carbocycles. The number of carbonyl (C=O) groups is 2. The van der Waals surface area contributed by atoms with Crippen molar-refractivity contribution in [3.63, 3.8) is 0 Å². The van der Waals surface area contributed by atoms with Gasteiger partial charge in [0.1, 0.15) is 11.6 Å². The van der Waals surface area contributed by atoms with Gasteiger partial charge >= 0.3 is 5.97 Å². The SMILES string of the molecule is C[C@H](NC(=O)c1ccc2c(c1)CCCN2Cc1ccc(-c2ccccc2C(=O)O)cc1)c1c(F)cccc1F. The number of amides is 1. The number of carbonyl (C=O) groups excluding carboxylic acids is 1. The van der Waals surface area contributed by atoms with Crippen molar-refractivity contribution < 1.29 is 23.5 Å². The molecule has 1 heterocycles. The van der Waals surface area contributed by atoms with Gasteiger partial charge in [0.25, 0.3) is 5.91 Å². The minimum Gasteiger partial charge on any atom is -0.478 e. The number of nitrogens with one attached hydrogen (secondary N) is 1. The highest BCUT2D eigenvalue weighted by atomic mass is 19.1. The van der Waals surface area contributed by atoms with Gasteiger partial charge in [-0.3, -0.25) is 4.79 Å². The molecule has 2 N–H and O–H groups in total. The molecule has 1 atom stereocenters. The Morgan fingerprint density at radius 3 is 2.38 bits per heavy atom. The summed E-state index contributed by atoms with van der Waals surface area (Å²) in [6.45, 7) is 3.10. The van der Waals surface area contributed by atoms with E-state index in [9.17, 15) is 23.5 Å². The number of halogens is 2. The van der Waals surface area contributed by atoms with Crippen LogP contribution in [0.4, 0.5) is 14.5 Å². The Morgan fingerprint density at radius 1 is 0.949 bits per heavy atom. The van der Waals surface area contributed by atoms with E-state index in [1.54, 1.807) is 31.2 Å². The van der Waals surface area contributed by atoms with Gasteiger partial charge in [-0.15, -0.1) is 0 Å². The molecule has 5 nitrogen and oxygen atoms in total. The van der Waals surface area contributed by atoms with Crippen molar-refractivity contribution >= 4 is 17.6 Å². The van der Waals surface area contributed by atoms with E-state index >= 15 is 0 Å². The normalized spacial score (nSPS) is 13.5. The number of anilines is 1. The number of fused-ring (bicyclic) bond motifs is 1. The highest BCUT2D eigenvalue weighted by Crippen LogP contribution is 2.31. The van der Waals surface area contributed by atoms with E-state index in [1.165, 1.54) is 18.2 Å². The van der Waals surface area contributed by atoms with Crippen LogP contribution in [0.25, 0.3) is 11.1 Å². The minimum absolute atomic E-state index is 0.160. The molecule has 0 fully saturated rings. The molecular formula is C32H28F2N2O3. The quantitative estimate of drug-likeness (QED) is 0.279. The molecule has 7 heteroatoms. The van der Waals surface area contributed by atoms with Gasteiger partial charge in [0.2, 0.25) is 0 Å². The van der Waals surface area contributed by atoms with Crippen LogP contribution in [-0.4, -0.2) is 23.5 Å². The lowest BCUT2D eigenvalue weighted by atomic mass is 9.97. The lowest BCUT2D eigenvalue weighted by molar-refractivity contribution is 0.0697. The third kappa shape index (κ3) is 5.53. The molecule has 198 valence electrons. The Hall–Kier alpha value is -4.52. The topological polar surface area (TPSA) is 69.6 Å². The number of hydrogen-bond donors (Lipinski definition) is 2. The molecule has 4 aromatic rings. The number of benzene rings is 4. The molecular weight excluding hydrogens is 498 g/mol. The van der Waals surface area contributed by atoms with Gasteiger partial charge in [0.05, 0.1) is 11.6 Å². The second-order valence-corrected chi connectivity index (χ2v) is 9.75. The van der Waals surface area contributed by atoms with Crippen LogP contribution >= 0.6 is 0 Å². The fourth-order valence-electron chi connectivity index (χ4n) is 5.19. The monoisotopic (exact) mass is 526 g/mol. The van der Waals surface area contributed by atoms with Gasteiger partial charge in [-0.1, -0.05) is 48.5 Å². The van der Waals surface area contributed by atoms with Crippen molar-refractivity contribution in [1.29, 1.82) is 0 Å². The maximum absolute atomic E-state index is 14.1. The first-order chi connectivity index (χ1) is 18.8. The molecule has 0 aromatic heterocycles. The van der Waals surface area contributed by atoms with Crippen LogP contribution in [0.2, 0.25) is 0 Å². The predicted molar refractivity (Wildman–Crippen MR) is 147 cm³/mol. The first kappa shape index (κ1) is 26.1. The second kappa shape index (κ2) is 11.1. The summed E-state index contributed by atoms with van der Waals surface area (Å²) in [4.78, 5) is 26.8. The highest BCUT2D eigenvalue weighted by molar-refractivity contribution is 5.96. The van der Waals surface area contributed by atoms with Crippen LogP contribution in [0.3, 0.4) is 0 Å². The lowest BCUT2D eigenvalue weighted by Gasteiger charge is -2.32. The molecule has 0 saturated carbocycles. The van der Waals surface area contributed by atoms with E-state index in [-0.39, 0.29) is 17.0 Å². The van der Waals surface area contributed by atoms with Crippen LogP contribution in [-0.2, 0) is 13.0 Å². The van der Waals surface area contributed by atoms with Crippen molar-refractivity contribution in [3.8, 4) is 11.1 Å². The lowest BCUT2D eigenvalue weighted by Crippen LogP contribution is -2.30. The summed E-state index contributed by atoms with van der Waals surface area (Å²) in [5.74, 6) is -2.73. The minimum atomic E-state index is -0.957. The van der Waals surface area contributed by atoms with Gasteiger partial charge in [-0.25, -0.2) is 13.6 Å². The first-order valence-electron chi connectivity index (χ1n) is 12.9. The molecule has 0 saturated heterocycles. The first-order valence-corrected chi connectivity index (χ1v) is 12.9. The van der Waals surface area contributed by atoms with Gasteiger partial charge in [0, 0.05) is 29.9 Å². The number of aryl methyl sites for hydroxylation is 1. The average Bonchev–Trinajstić information content (AvgIpc) is 2.93. The zero-order valence-corrected chi connectivity index (χ0v) is 21.5. The number of rotatable bonds is 7. The molecule has 0 bridgehead atoms. The van der Waals surface area contributed by atoms with Crippen molar-refractivity contribution in [2.24, 2.45) is 0 Å². The molecule has 0 unspecified atom stereocenters. The Bertz CT molecular complexity index is 1510. The predicted octanol–water partition coefficient (Wildman–Crippen LogP) is 6.77. The van der Waals surface area contributed by atoms with Crippen LogP contribution < -0.4 is 10.2 Å². The van der Waals surface area contributed by atoms with Crippen LogP contribution in [0.5, 0.6) is 0 Å². The van der Waals surface area contributed by atoms with Crippen molar-refractivity contribution in [1.82, 2.24) is 5.32 Å².